The predicted octanol–water partition coefficient (Wildman–Crippen LogP) is 4.18. The molecule has 0 nitrogen and oxygen atoms in total. The van der Waals surface area contributed by atoms with Gasteiger partial charge in [-0.05, 0) is 32.1 Å². The first-order valence-electron chi connectivity index (χ1n) is 5.10. The minimum absolute atomic E-state index is 1.07. The summed E-state index contributed by atoms with van der Waals surface area (Å²) in [5.41, 5.74) is 0. The highest BCUT2D eigenvalue weighted by molar-refractivity contribution is 5.00. The number of allylic oxidation sites excluding steroid dienone is 8. The van der Waals surface area contributed by atoms with Crippen molar-refractivity contribution in [3.63, 3.8) is 0 Å². The minimum atomic E-state index is 1.07. The molecule has 1 rings (SSSR count). The molecule has 0 aromatic heterocycles. The van der Waals surface area contributed by atoms with Crippen molar-refractivity contribution in [2.45, 2.75) is 32.1 Å². The van der Waals surface area contributed by atoms with E-state index < -0.39 is 0 Å². The van der Waals surface area contributed by atoms with Gasteiger partial charge >= 0.3 is 0 Å². The smallest absolute Gasteiger partial charge is 0.0169 e. The summed E-state index contributed by atoms with van der Waals surface area (Å²) in [6, 6.07) is 0. The molecule has 0 fully saturated rings. The summed E-state index contributed by atoms with van der Waals surface area (Å²) in [6.45, 7) is 0. The summed E-state index contributed by atoms with van der Waals surface area (Å²) in [5, 5.41) is 0. The average Bonchev–Trinajstić information content (AvgIpc) is 2.18. The molecule has 0 heteroatoms. The number of hydrogen-bond donors (Lipinski definition) is 0. The minimum Gasteiger partial charge on any atom is -0.0879 e. The lowest BCUT2D eigenvalue weighted by Crippen LogP contribution is -1.65. The molecule has 1 aliphatic rings. The second kappa shape index (κ2) is 7.60. The molecule has 0 amide bonds. The summed E-state index contributed by atoms with van der Waals surface area (Å²) in [7, 11) is 0. The Balaban J connectivity index is 2.38. The highest BCUT2D eigenvalue weighted by Crippen LogP contribution is 1.99. The molecule has 0 saturated heterocycles. The monoisotopic (exact) mass is 174 g/mol. The summed E-state index contributed by atoms with van der Waals surface area (Å²) in [6.07, 6.45) is 23.5. The lowest BCUT2D eigenvalue weighted by molar-refractivity contribution is 1.04. The fraction of sp³-hybridized carbons (Fsp3) is 0.385. The number of rotatable bonds is 0. The van der Waals surface area contributed by atoms with E-state index in [2.05, 4.69) is 48.6 Å². The highest BCUT2D eigenvalue weighted by atomic mass is 13.9. The molecule has 0 aromatic rings. The van der Waals surface area contributed by atoms with Crippen LogP contribution in [0.5, 0.6) is 0 Å². The third-order valence-corrected chi connectivity index (χ3v) is 1.98. The van der Waals surface area contributed by atoms with Crippen LogP contribution in [-0.2, 0) is 0 Å². The lowest BCUT2D eigenvalue weighted by atomic mass is 10.2. The van der Waals surface area contributed by atoms with Crippen LogP contribution in [0.3, 0.4) is 0 Å². The average molecular weight is 174 g/mol. The van der Waals surface area contributed by atoms with Crippen molar-refractivity contribution in [2.75, 3.05) is 0 Å². The Morgan fingerprint density at radius 1 is 0.385 bits per heavy atom. The van der Waals surface area contributed by atoms with Crippen LogP contribution < -0.4 is 0 Å². The van der Waals surface area contributed by atoms with Gasteiger partial charge in [0.2, 0.25) is 0 Å². The van der Waals surface area contributed by atoms with Crippen LogP contribution >= 0.6 is 0 Å². The standard InChI is InChI=1S/C13H18/c1-2-4-6-8-10-12-13-11-9-7-5-3-1/h1-2,5-8,11,13H,3-4,9-10,12H2/b2-1+,7-5+,8-6-,13-11?. The van der Waals surface area contributed by atoms with Gasteiger partial charge in [-0.15, -0.1) is 0 Å². The molecule has 0 spiro atoms. The zero-order chi connectivity index (χ0) is 9.19. The maximum Gasteiger partial charge on any atom is -0.0169 e. The molecule has 0 unspecified atom stereocenters. The largest absolute Gasteiger partial charge is 0.0879 e. The van der Waals surface area contributed by atoms with Gasteiger partial charge in [0.1, 0.15) is 0 Å². The molecule has 0 N–H and O–H groups in total. The van der Waals surface area contributed by atoms with Crippen LogP contribution in [0.25, 0.3) is 0 Å². The number of hydrogen-bond acceptors (Lipinski definition) is 0. The first-order chi connectivity index (χ1) is 6.50. The first-order valence-corrected chi connectivity index (χ1v) is 5.10. The second-order valence-corrected chi connectivity index (χ2v) is 3.17. The summed E-state index contributed by atoms with van der Waals surface area (Å²) in [5.74, 6) is 0. The molecular weight excluding hydrogens is 156 g/mol. The van der Waals surface area contributed by atoms with Gasteiger partial charge in [-0.2, -0.15) is 0 Å². The molecule has 0 aliphatic heterocycles. The van der Waals surface area contributed by atoms with Crippen LogP contribution in [0.1, 0.15) is 32.1 Å². The lowest BCUT2D eigenvalue weighted by Gasteiger charge is -1.85. The molecule has 0 radical (unpaired) electrons. The van der Waals surface area contributed by atoms with E-state index in [9.17, 15) is 0 Å². The third-order valence-electron chi connectivity index (χ3n) is 1.98. The van der Waals surface area contributed by atoms with Crippen molar-refractivity contribution in [2.24, 2.45) is 0 Å². The van der Waals surface area contributed by atoms with Crippen molar-refractivity contribution in [1.29, 1.82) is 0 Å². The SMILES string of the molecule is C1=CCC/C=C\C/C=C/C/C=C/C1. The van der Waals surface area contributed by atoms with E-state index in [0.717, 1.165) is 19.3 Å². The maximum atomic E-state index is 2.26. The molecule has 0 saturated carbocycles. The van der Waals surface area contributed by atoms with Crippen molar-refractivity contribution < 1.29 is 0 Å². The highest BCUT2D eigenvalue weighted by Gasteiger charge is 1.78. The van der Waals surface area contributed by atoms with Crippen LogP contribution in [0.2, 0.25) is 0 Å². The van der Waals surface area contributed by atoms with Crippen molar-refractivity contribution in [3.05, 3.63) is 48.6 Å². The van der Waals surface area contributed by atoms with Crippen LogP contribution in [-0.4, -0.2) is 0 Å². The van der Waals surface area contributed by atoms with Gasteiger partial charge in [-0.3, -0.25) is 0 Å². The van der Waals surface area contributed by atoms with Gasteiger partial charge in [0.15, 0.2) is 0 Å². The van der Waals surface area contributed by atoms with E-state index in [-0.39, 0.29) is 0 Å². The Kier molecular flexibility index (Phi) is 5.87. The molecule has 0 aromatic carbocycles. The van der Waals surface area contributed by atoms with E-state index >= 15 is 0 Å². The topological polar surface area (TPSA) is 0 Å². The molecule has 0 heterocycles. The van der Waals surface area contributed by atoms with Crippen LogP contribution in [0, 0.1) is 0 Å². The normalized spacial score (nSPS) is 26.5. The van der Waals surface area contributed by atoms with Gasteiger partial charge in [-0.25, -0.2) is 0 Å². The molecule has 0 bridgehead atoms. The van der Waals surface area contributed by atoms with E-state index in [1.807, 2.05) is 0 Å². The third kappa shape index (κ3) is 6.15. The fourth-order valence-electron chi connectivity index (χ4n) is 1.24. The van der Waals surface area contributed by atoms with E-state index in [0.29, 0.717) is 0 Å². The van der Waals surface area contributed by atoms with E-state index in [1.54, 1.807) is 0 Å². The van der Waals surface area contributed by atoms with Crippen molar-refractivity contribution >= 4 is 0 Å². The molecule has 1 aliphatic carbocycles. The molecule has 13 heavy (non-hydrogen) atoms. The second-order valence-electron chi connectivity index (χ2n) is 3.17. The first kappa shape index (κ1) is 10.0. The summed E-state index contributed by atoms with van der Waals surface area (Å²) in [4.78, 5) is 0. The Hall–Kier alpha value is -1.04. The zero-order valence-corrected chi connectivity index (χ0v) is 8.15. The maximum absolute atomic E-state index is 2.26. The predicted molar refractivity (Wildman–Crippen MR) is 59.6 cm³/mol. The molecule has 70 valence electrons. The Morgan fingerprint density at radius 3 is 1.08 bits per heavy atom. The van der Waals surface area contributed by atoms with E-state index in [4.69, 9.17) is 0 Å². The van der Waals surface area contributed by atoms with Gasteiger partial charge in [0.25, 0.3) is 0 Å². The molecular formula is C13H18. The quantitative estimate of drug-likeness (QED) is 0.483. The Labute approximate surface area is 81.4 Å². The van der Waals surface area contributed by atoms with Crippen LogP contribution in [0.4, 0.5) is 0 Å². The van der Waals surface area contributed by atoms with Gasteiger partial charge in [0, 0.05) is 0 Å². The van der Waals surface area contributed by atoms with Crippen molar-refractivity contribution in [1.82, 2.24) is 0 Å². The van der Waals surface area contributed by atoms with E-state index in [1.165, 1.54) is 12.8 Å². The van der Waals surface area contributed by atoms with Gasteiger partial charge in [-0.1, -0.05) is 48.6 Å². The fourth-order valence-corrected chi connectivity index (χ4v) is 1.24. The zero-order valence-electron chi connectivity index (χ0n) is 8.15. The van der Waals surface area contributed by atoms with Gasteiger partial charge in [0.05, 0.1) is 0 Å². The molecule has 0 atom stereocenters. The van der Waals surface area contributed by atoms with Crippen LogP contribution in [0.15, 0.2) is 48.6 Å². The Morgan fingerprint density at radius 2 is 0.692 bits per heavy atom. The summed E-state index contributed by atoms with van der Waals surface area (Å²) < 4.78 is 0. The van der Waals surface area contributed by atoms with Crippen molar-refractivity contribution in [3.8, 4) is 0 Å². The summed E-state index contributed by atoms with van der Waals surface area (Å²) >= 11 is 0. The Bertz CT molecular complexity index is 192. The van der Waals surface area contributed by atoms with Gasteiger partial charge < -0.3 is 0 Å².